The largest absolute Gasteiger partial charge is 0.503 e. The van der Waals surface area contributed by atoms with E-state index in [0.717, 1.165) is 0 Å². The van der Waals surface area contributed by atoms with Gasteiger partial charge in [-0.1, -0.05) is 6.08 Å². The van der Waals surface area contributed by atoms with Gasteiger partial charge in [-0.3, -0.25) is 19.3 Å². The number of halogens is 3. The van der Waals surface area contributed by atoms with Crippen LogP contribution in [0, 0.1) is 17.5 Å². The van der Waals surface area contributed by atoms with E-state index in [2.05, 4.69) is 11.9 Å². The maximum absolute atomic E-state index is 13.9. The van der Waals surface area contributed by atoms with E-state index in [9.17, 15) is 32.7 Å². The number of fused-ring (bicyclic) bond motifs is 2. The molecule has 8 nitrogen and oxygen atoms in total. The van der Waals surface area contributed by atoms with E-state index < -0.39 is 75.9 Å². The predicted molar refractivity (Wildman–Crippen MR) is 112 cm³/mol. The fourth-order valence-electron chi connectivity index (χ4n) is 5.25. The van der Waals surface area contributed by atoms with Gasteiger partial charge in [-0.05, 0) is 19.3 Å². The lowest BCUT2D eigenvalue weighted by atomic mass is 9.97. The number of carbonyl (C=O) groups is 2. The summed E-state index contributed by atoms with van der Waals surface area (Å²) in [6.45, 7) is 3.29. The first-order valence-corrected chi connectivity index (χ1v) is 10.7. The van der Waals surface area contributed by atoms with E-state index in [1.807, 2.05) is 0 Å². The van der Waals surface area contributed by atoms with Crippen molar-refractivity contribution in [3.05, 3.63) is 75.5 Å². The van der Waals surface area contributed by atoms with Crippen LogP contribution >= 0.6 is 0 Å². The second kappa shape index (κ2) is 7.73. The Bertz CT molecular complexity index is 1290. The van der Waals surface area contributed by atoms with E-state index in [4.69, 9.17) is 4.74 Å². The molecule has 2 aromatic rings. The standard InChI is InChI=1S/C23H20F3N3O5/c1-2-12-10-34-23-5-3-4-17(23)28-9-14(19(30)20(31)18(28)22(33)29(12)23)21(32)27-8-13-15(25)6-11(24)7-16(13)26/h2,6-7,9,12,17,31H,1,3-5,8,10H2,(H,27,32)/t12-,17+,23+/m1/s1. The van der Waals surface area contributed by atoms with Crippen molar-refractivity contribution in [2.24, 2.45) is 0 Å². The van der Waals surface area contributed by atoms with Crippen LogP contribution in [0.2, 0.25) is 0 Å². The SMILES string of the molecule is C=C[C@@H]1CO[C@@]23CCC[C@@H]2n2cc(C(=O)NCc4c(F)cc(F)cc4F)c(=O)c(O)c2C(=O)N13. The molecule has 2 amide bonds. The highest BCUT2D eigenvalue weighted by atomic mass is 19.1. The minimum Gasteiger partial charge on any atom is -0.503 e. The Morgan fingerprint density at radius 3 is 2.68 bits per heavy atom. The topological polar surface area (TPSA) is 101 Å². The first kappa shape index (κ1) is 22.2. The number of amides is 2. The number of nitrogens with zero attached hydrogens (tertiary/aromatic N) is 2. The van der Waals surface area contributed by atoms with Gasteiger partial charge in [0.05, 0.1) is 18.7 Å². The average Bonchev–Trinajstić information content (AvgIpc) is 3.38. The number of aromatic hydroxyl groups is 1. The van der Waals surface area contributed by atoms with Crippen LogP contribution in [0.5, 0.6) is 5.75 Å². The van der Waals surface area contributed by atoms with Crippen molar-refractivity contribution >= 4 is 11.8 Å². The third-order valence-electron chi connectivity index (χ3n) is 6.79. The summed E-state index contributed by atoms with van der Waals surface area (Å²) < 4.78 is 48.4. The Kier molecular flexibility index (Phi) is 5.05. The van der Waals surface area contributed by atoms with Crippen LogP contribution in [0.4, 0.5) is 13.2 Å². The van der Waals surface area contributed by atoms with Crippen molar-refractivity contribution in [2.75, 3.05) is 6.61 Å². The predicted octanol–water partition coefficient (Wildman–Crippen LogP) is 2.36. The van der Waals surface area contributed by atoms with Gasteiger partial charge in [0.25, 0.3) is 11.8 Å². The van der Waals surface area contributed by atoms with Gasteiger partial charge in [-0.15, -0.1) is 6.58 Å². The zero-order chi connectivity index (χ0) is 24.4. The molecule has 2 aliphatic heterocycles. The maximum atomic E-state index is 13.9. The van der Waals surface area contributed by atoms with E-state index >= 15 is 0 Å². The molecule has 3 aliphatic rings. The summed E-state index contributed by atoms with van der Waals surface area (Å²) in [6, 6.07) is 0.0493. The van der Waals surface area contributed by atoms with Gasteiger partial charge in [0.2, 0.25) is 5.43 Å². The summed E-state index contributed by atoms with van der Waals surface area (Å²) in [6.07, 6.45) is 4.54. The lowest BCUT2D eigenvalue weighted by Gasteiger charge is -2.45. The minimum absolute atomic E-state index is 0.216. The number of nitrogens with one attached hydrogen (secondary N) is 1. The zero-order valence-corrected chi connectivity index (χ0v) is 17.8. The Hall–Kier alpha value is -3.60. The van der Waals surface area contributed by atoms with E-state index in [1.165, 1.54) is 15.7 Å². The molecule has 1 spiro atoms. The summed E-state index contributed by atoms with van der Waals surface area (Å²) in [5.74, 6) is -6.03. The van der Waals surface area contributed by atoms with Crippen LogP contribution in [0.3, 0.4) is 0 Å². The molecule has 1 saturated heterocycles. The summed E-state index contributed by atoms with van der Waals surface area (Å²) in [5, 5.41) is 12.9. The molecule has 1 aromatic heterocycles. The van der Waals surface area contributed by atoms with Gasteiger partial charge in [-0.25, -0.2) is 13.2 Å². The summed E-state index contributed by atoms with van der Waals surface area (Å²) in [5.41, 5.74) is -3.44. The van der Waals surface area contributed by atoms with Crippen molar-refractivity contribution in [3.63, 3.8) is 0 Å². The van der Waals surface area contributed by atoms with Gasteiger partial charge < -0.3 is 19.7 Å². The molecule has 0 unspecified atom stereocenters. The zero-order valence-electron chi connectivity index (χ0n) is 17.8. The Balaban J connectivity index is 1.53. The van der Waals surface area contributed by atoms with Crippen molar-refractivity contribution in [2.45, 2.75) is 43.6 Å². The van der Waals surface area contributed by atoms with Crippen LogP contribution < -0.4 is 10.7 Å². The monoisotopic (exact) mass is 475 g/mol. The molecule has 0 radical (unpaired) electrons. The average molecular weight is 475 g/mol. The van der Waals surface area contributed by atoms with Gasteiger partial charge in [0.1, 0.15) is 23.0 Å². The van der Waals surface area contributed by atoms with Crippen LogP contribution in [0.15, 0.2) is 35.8 Å². The highest BCUT2D eigenvalue weighted by Crippen LogP contribution is 2.52. The molecule has 1 saturated carbocycles. The number of carbonyl (C=O) groups excluding carboxylic acids is 2. The highest BCUT2D eigenvalue weighted by molar-refractivity contribution is 6.00. The smallest absolute Gasteiger partial charge is 0.277 e. The molecular formula is C23H20F3N3O5. The van der Waals surface area contributed by atoms with Crippen LogP contribution in [-0.2, 0) is 11.3 Å². The number of ether oxygens (including phenoxy) is 1. The first-order valence-electron chi connectivity index (χ1n) is 10.7. The van der Waals surface area contributed by atoms with Crippen molar-refractivity contribution < 1.29 is 32.6 Å². The Labute approximate surface area is 191 Å². The van der Waals surface area contributed by atoms with Gasteiger partial charge in [0, 0.05) is 30.4 Å². The number of aromatic nitrogens is 1. The van der Waals surface area contributed by atoms with Crippen LogP contribution in [0.25, 0.3) is 0 Å². The molecule has 34 heavy (non-hydrogen) atoms. The van der Waals surface area contributed by atoms with Gasteiger partial charge >= 0.3 is 0 Å². The summed E-state index contributed by atoms with van der Waals surface area (Å²) in [7, 11) is 0. The first-order chi connectivity index (χ1) is 16.2. The molecule has 2 N–H and O–H groups in total. The quantitative estimate of drug-likeness (QED) is 0.662. The molecule has 0 bridgehead atoms. The molecule has 11 heteroatoms. The molecule has 3 heterocycles. The van der Waals surface area contributed by atoms with E-state index in [-0.39, 0.29) is 12.3 Å². The van der Waals surface area contributed by atoms with Crippen molar-refractivity contribution in [1.82, 2.24) is 14.8 Å². The second-order valence-corrected chi connectivity index (χ2v) is 8.55. The fourth-order valence-corrected chi connectivity index (χ4v) is 5.25. The summed E-state index contributed by atoms with van der Waals surface area (Å²) >= 11 is 0. The Morgan fingerprint density at radius 1 is 1.29 bits per heavy atom. The highest BCUT2D eigenvalue weighted by Gasteiger charge is 2.61. The maximum Gasteiger partial charge on any atom is 0.277 e. The molecule has 1 aromatic carbocycles. The molecule has 2 fully saturated rings. The normalized spacial score (nSPS) is 25.0. The third-order valence-corrected chi connectivity index (χ3v) is 6.79. The Morgan fingerprint density at radius 2 is 2.00 bits per heavy atom. The molecule has 1 aliphatic carbocycles. The molecule has 178 valence electrons. The number of benzene rings is 1. The lowest BCUT2D eigenvalue weighted by Crippen LogP contribution is -2.58. The minimum atomic E-state index is -1.20. The number of hydrogen-bond acceptors (Lipinski definition) is 5. The van der Waals surface area contributed by atoms with E-state index in [0.29, 0.717) is 31.4 Å². The second-order valence-electron chi connectivity index (χ2n) is 8.55. The lowest BCUT2D eigenvalue weighted by molar-refractivity contribution is -0.1000. The van der Waals surface area contributed by atoms with Gasteiger partial charge in [-0.2, -0.15) is 0 Å². The number of hydrogen-bond donors (Lipinski definition) is 2. The van der Waals surface area contributed by atoms with Crippen molar-refractivity contribution in [3.8, 4) is 5.75 Å². The van der Waals surface area contributed by atoms with E-state index in [1.54, 1.807) is 6.08 Å². The van der Waals surface area contributed by atoms with Crippen molar-refractivity contribution in [1.29, 1.82) is 0 Å². The summed E-state index contributed by atoms with van der Waals surface area (Å²) in [4.78, 5) is 40.4. The van der Waals surface area contributed by atoms with Crippen LogP contribution in [0.1, 0.15) is 51.7 Å². The van der Waals surface area contributed by atoms with Gasteiger partial charge in [0.15, 0.2) is 17.2 Å². The fraction of sp³-hybridized carbons (Fsp3) is 0.348. The molecule has 3 atom stereocenters. The van der Waals surface area contributed by atoms with Crippen LogP contribution in [-0.4, -0.2) is 44.8 Å². The third kappa shape index (κ3) is 2.99. The number of rotatable bonds is 4. The number of pyridine rings is 1. The molecular weight excluding hydrogens is 455 g/mol. The molecule has 5 rings (SSSR count).